The Morgan fingerprint density at radius 2 is 1.68 bits per heavy atom. The van der Waals surface area contributed by atoms with Crippen LogP contribution in [-0.4, -0.2) is 41.3 Å². The van der Waals surface area contributed by atoms with Gasteiger partial charge in [0.15, 0.2) is 0 Å². The number of hydrogen-bond acceptors (Lipinski definition) is 7. The van der Waals surface area contributed by atoms with Crippen LogP contribution in [0.4, 0.5) is 22.7 Å². The number of unbranched alkanes of at least 4 members (excludes halogenated alkanes) is 1. The van der Waals surface area contributed by atoms with Crippen LogP contribution in [-0.2, 0) is 14.4 Å². The minimum Gasteiger partial charge on any atom is -0.494 e. The molecule has 41 heavy (non-hydrogen) atoms. The van der Waals surface area contributed by atoms with Crippen LogP contribution in [0.25, 0.3) is 6.08 Å². The number of benzene rings is 3. The summed E-state index contributed by atoms with van der Waals surface area (Å²) in [5.41, 5.74) is 2.33. The number of non-ortho nitro benzene ring substituents is 1. The molecular weight excluding hydrogens is 524 g/mol. The summed E-state index contributed by atoms with van der Waals surface area (Å²) >= 11 is 0. The zero-order valence-corrected chi connectivity index (χ0v) is 22.3. The van der Waals surface area contributed by atoms with Crippen molar-refractivity contribution >= 4 is 46.5 Å². The molecule has 10 heteroatoms. The molecule has 0 aliphatic carbocycles. The first-order valence-electron chi connectivity index (χ1n) is 13.6. The first-order chi connectivity index (χ1) is 19.9. The third-order valence-corrected chi connectivity index (χ3v) is 7.89. The highest BCUT2D eigenvalue weighted by atomic mass is 16.6. The molecule has 0 unspecified atom stereocenters. The van der Waals surface area contributed by atoms with E-state index in [-0.39, 0.29) is 11.6 Å². The number of nitrogens with zero attached hydrogens (tertiary/aromatic N) is 3. The van der Waals surface area contributed by atoms with Crippen LogP contribution in [0.3, 0.4) is 0 Å². The molecule has 10 nitrogen and oxygen atoms in total. The third-order valence-electron chi connectivity index (χ3n) is 7.89. The van der Waals surface area contributed by atoms with Crippen LogP contribution < -0.4 is 19.9 Å². The van der Waals surface area contributed by atoms with E-state index < -0.39 is 40.7 Å². The number of imide groups is 1. The maximum atomic E-state index is 14.0. The molecule has 0 radical (unpaired) electrons. The molecule has 4 atom stereocenters. The monoisotopic (exact) mass is 552 g/mol. The SMILES string of the molecule is CCCCOc1ccc(N2C(=O)[C@@H]3[C@H](C2=O)[C@H](C(=O)Nc2ccc([N+](=O)[O-])cc2)N2c4ccccc4C=C[C@H]32)cc1. The number of ether oxygens (including phenoxy) is 1. The summed E-state index contributed by atoms with van der Waals surface area (Å²) in [5.74, 6) is -2.31. The molecule has 1 N–H and O–H groups in total. The molecule has 3 aromatic rings. The van der Waals surface area contributed by atoms with Crippen molar-refractivity contribution in [1.82, 2.24) is 0 Å². The molecular formula is C31H28N4O6. The number of fused-ring (bicyclic) bond motifs is 5. The number of amides is 3. The molecule has 3 aliphatic heterocycles. The van der Waals surface area contributed by atoms with Crippen LogP contribution in [0.5, 0.6) is 5.75 Å². The molecule has 3 aliphatic rings. The van der Waals surface area contributed by atoms with Gasteiger partial charge in [0.05, 0.1) is 35.1 Å². The van der Waals surface area contributed by atoms with E-state index in [0.29, 0.717) is 23.7 Å². The maximum Gasteiger partial charge on any atom is 0.269 e. The van der Waals surface area contributed by atoms with Gasteiger partial charge in [0, 0.05) is 23.5 Å². The van der Waals surface area contributed by atoms with E-state index >= 15 is 0 Å². The molecule has 3 aromatic carbocycles. The summed E-state index contributed by atoms with van der Waals surface area (Å²) in [5, 5.41) is 13.9. The first-order valence-corrected chi connectivity index (χ1v) is 13.6. The predicted molar refractivity (Wildman–Crippen MR) is 154 cm³/mol. The van der Waals surface area contributed by atoms with Gasteiger partial charge in [-0.3, -0.25) is 24.5 Å². The Bertz CT molecular complexity index is 1550. The summed E-state index contributed by atoms with van der Waals surface area (Å²) in [7, 11) is 0. The smallest absolute Gasteiger partial charge is 0.269 e. The topological polar surface area (TPSA) is 122 Å². The maximum absolute atomic E-state index is 14.0. The second kappa shape index (κ2) is 10.5. The van der Waals surface area contributed by atoms with Crippen molar-refractivity contribution in [2.75, 3.05) is 21.7 Å². The Hall–Kier alpha value is -4.99. The normalized spacial score (nSPS) is 22.3. The quantitative estimate of drug-likeness (QED) is 0.184. The van der Waals surface area contributed by atoms with Crippen LogP contribution >= 0.6 is 0 Å². The van der Waals surface area contributed by atoms with Crippen molar-refractivity contribution in [3.63, 3.8) is 0 Å². The number of hydrogen-bond donors (Lipinski definition) is 1. The Balaban J connectivity index is 1.33. The molecule has 0 spiro atoms. The number of carbonyl (C=O) groups is 3. The van der Waals surface area contributed by atoms with Crippen LogP contribution in [0.1, 0.15) is 25.3 Å². The van der Waals surface area contributed by atoms with E-state index in [9.17, 15) is 24.5 Å². The number of rotatable bonds is 8. The largest absolute Gasteiger partial charge is 0.494 e. The van der Waals surface area contributed by atoms with E-state index in [0.717, 1.165) is 24.1 Å². The van der Waals surface area contributed by atoms with E-state index in [2.05, 4.69) is 12.2 Å². The Kier molecular flexibility index (Phi) is 6.74. The molecule has 0 bridgehead atoms. The van der Waals surface area contributed by atoms with Gasteiger partial charge in [-0.05, 0) is 54.4 Å². The lowest BCUT2D eigenvalue weighted by molar-refractivity contribution is -0.384. The summed E-state index contributed by atoms with van der Waals surface area (Å²) in [4.78, 5) is 55.4. The van der Waals surface area contributed by atoms with Gasteiger partial charge in [0.1, 0.15) is 11.8 Å². The van der Waals surface area contributed by atoms with Crippen molar-refractivity contribution in [3.05, 3.63) is 94.6 Å². The molecule has 3 amide bonds. The molecule has 208 valence electrons. The van der Waals surface area contributed by atoms with Gasteiger partial charge >= 0.3 is 0 Å². The van der Waals surface area contributed by atoms with E-state index in [4.69, 9.17) is 4.74 Å². The first kappa shape index (κ1) is 26.2. The number of nitro groups is 1. The molecule has 0 aromatic heterocycles. The number of anilines is 3. The minimum atomic E-state index is -0.982. The van der Waals surface area contributed by atoms with Crippen LogP contribution in [0.15, 0.2) is 78.9 Å². The second-order valence-electron chi connectivity index (χ2n) is 10.3. The van der Waals surface area contributed by atoms with E-state index in [1.54, 1.807) is 24.3 Å². The number of carbonyl (C=O) groups excluding carboxylic acids is 3. The minimum absolute atomic E-state index is 0.104. The van der Waals surface area contributed by atoms with E-state index in [1.165, 1.54) is 29.2 Å². The van der Waals surface area contributed by atoms with Crippen molar-refractivity contribution in [3.8, 4) is 5.75 Å². The third kappa shape index (κ3) is 4.51. The summed E-state index contributed by atoms with van der Waals surface area (Å²) < 4.78 is 5.73. The Labute approximate surface area is 236 Å². The Morgan fingerprint density at radius 3 is 2.39 bits per heavy atom. The lowest BCUT2D eigenvalue weighted by Gasteiger charge is -2.36. The highest BCUT2D eigenvalue weighted by Crippen LogP contribution is 2.49. The molecule has 6 rings (SSSR count). The zero-order valence-electron chi connectivity index (χ0n) is 22.3. The second-order valence-corrected chi connectivity index (χ2v) is 10.3. The van der Waals surface area contributed by atoms with Crippen molar-refractivity contribution < 1.29 is 24.0 Å². The number of para-hydroxylation sites is 1. The molecule has 2 saturated heterocycles. The lowest BCUT2D eigenvalue weighted by Crippen LogP contribution is -2.50. The Morgan fingerprint density at radius 1 is 0.976 bits per heavy atom. The van der Waals surface area contributed by atoms with Gasteiger partial charge in [0.25, 0.3) is 5.69 Å². The molecule has 3 heterocycles. The zero-order chi connectivity index (χ0) is 28.7. The van der Waals surface area contributed by atoms with Gasteiger partial charge in [-0.15, -0.1) is 0 Å². The van der Waals surface area contributed by atoms with Gasteiger partial charge in [-0.2, -0.15) is 0 Å². The average Bonchev–Trinajstić information content (AvgIpc) is 3.46. The fraction of sp³-hybridized carbons (Fsp3) is 0.258. The van der Waals surface area contributed by atoms with Crippen LogP contribution in [0.2, 0.25) is 0 Å². The summed E-state index contributed by atoms with van der Waals surface area (Å²) in [6.45, 7) is 2.66. The molecule has 0 saturated carbocycles. The predicted octanol–water partition coefficient (Wildman–Crippen LogP) is 4.80. The van der Waals surface area contributed by atoms with Crippen molar-refractivity contribution in [1.29, 1.82) is 0 Å². The van der Waals surface area contributed by atoms with Crippen LogP contribution in [0, 0.1) is 22.0 Å². The standard InChI is InChI=1S/C31H28N4O6/c1-2-3-18-41-23-15-13-21(14-16-23)33-30(37)26-25-17-8-19-6-4-5-7-24(19)34(25)28(27(26)31(33)38)29(36)32-20-9-11-22(12-10-20)35(39)40/h4-17,25-28H,2-3,18H2,1H3,(H,32,36)/t25-,26+,27+,28-/m1/s1. The van der Waals surface area contributed by atoms with Gasteiger partial charge in [-0.25, -0.2) is 4.90 Å². The van der Waals surface area contributed by atoms with Gasteiger partial charge in [0.2, 0.25) is 17.7 Å². The van der Waals surface area contributed by atoms with Gasteiger partial charge in [-0.1, -0.05) is 43.7 Å². The fourth-order valence-corrected chi connectivity index (χ4v) is 5.98. The van der Waals surface area contributed by atoms with Gasteiger partial charge < -0.3 is 15.0 Å². The summed E-state index contributed by atoms with van der Waals surface area (Å²) in [6, 6.07) is 18.4. The fourth-order valence-electron chi connectivity index (χ4n) is 5.98. The lowest BCUT2D eigenvalue weighted by atomic mass is 9.88. The van der Waals surface area contributed by atoms with E-state index in [1.807, 2.05) is 41.3 Å². The number of nitrogens with one attached hydrogen (secondary N) is 1. The number of nitro benzene ring substituents is 1. The summed E-state index contributed by atoms with van der Waals surface area (Å²) in [6.07, 6.45) is 5.74. The average molecular weight is 553 g/mol. The highest BCUT2D eigenvalue weighted by Gasteiger charge is 2.64. The molecule has 2 fully saturated rings. The van der Waals surface area contributed by atoms with Crippen molar-refractivity contribution in [2.45, 2.75) is 31.8 Å². The van der Waals surface area contributed by atoms with Crippen molar-refractivity contribution in [2.24, 2.45) is 11.8 Å². The highest BCUT2D eigenvalue weighted by molar-refractivity contribution is 6.25.